The summed E-state index contributed by atoms with van der Waals surface area (Å²) in [4.78, 5) is 16.1. The van der Waals surface area contributed by atoms with Crippen LogP contribution >= 0.6 is 9.24 Å². The number of nitrogens with one attached hydrogen (secondary N) is 1. The second-order valence-electron chi connectivity index (χ2n) is 6.06. The van der Waals surface area contributed by atoms with Crippen molar-refractivity contribution in [2.24, 2.45) is 0 Å². The predicted octanol–water partition coefficient (Wildman–Crippen LogP) is 3.67. The third-order valence-electron chi connectivity index (χ3n) is 4.25. The summed E-state index contributed by atoms with van der Waals surface area (Å²) < 4.78 is 13.3. The normalized spacial score (nSPS) is 11.8. The van der Waals surface area contributed by atoms with Crippen LogP contribution < -0.4 is 10.6 Å². The van der Waals surface area contributed by atoms with E-state index in [2.05, 4.69) is 31.7 Å². The third-order valence-corrected chi connectivity index (χ3v) is 4.64. The molecule has 2 aromatic carbocycles. The topological polar surface area (TPSA) is 42.0 Å². The molecule has 0 aliphatic carbocycles. The van der Waals surface area contributed by atoms with Crippen LogP contribution in [0.2, 0.25) is 0 Å². The van der Waals surface area contributed by atoms with Gasteiger partial charge in [0.25, 0.3) is 5.91 Å². The number of hydrogen-bond acceptors (Lipinski definition) is 2. The van der Waals surface area contributed by atoms with Gasteiger partial charge in [-0.25, -0.2) is 4.39 Å². The first kappa shape index (κ1) is 18.2. The number of pyridine rings is 1. The lowest BCUT2D eigenvalue weighted by molar-refractivity contribution is 0.0952. The summed E-state index contributed by atoms with van der Waals surface area (Å²) in [6.45, 7) is 0.512. The molecule has 132 valence electrons. The molecule has 3 aromatic rings. The maximum Gasteiger partial charge on any atom is 0.252 e. The minimum absolute atomic E-state index is 0.0791. The zero-order valence-corrected chi connectivity index (χ0v) is 15.4. The van der Waals surface area contributed by atoms with Gasteiger partial charge in [0.15, 0.2) is 0 Å². The van der Waals surface area contributed by atoms with E-state index in [9.17, 15) is 9.18 Å². The molecule has 26 heavy (non-hydrogen) atoms. The molecule has 0 saturated carbocycles. The van der Waals surface area contributed by atoms with Crippen LogP contribution in [0.25, 0.3) is 0 Å². The number of benzene rings is 2. The summed E-state index contributed by atoms with van der Waals surface area (Å²) in [6.07, 6.45) is 3.90. The molecule has 0 aliphatic heterocycles. The molecule has 3 rings (SSSR count). The van der Waals surface area contributed by atoms with Crippen LogP contribution in [0, 0.1) is 5.82 Å². The summed E-state index contributed by atoms with van der Waals surface area (Å²) >= 11 is 0. The smallest absolute Gasteiger partial charge is 0.252 e. The van der Waals surface area contributed by atoms with Crippen molar-refractivity contribution in [2.45, 2.75) is 12.3 Å². The van der Waals surface area contributed by atoms with Crippen LogP contribution in [0.3, 0.4) is 0 Å². The van der Waals surface area contributed by atoms with Crippen molar-refractivity contribution in [3.63, 3.8) is 0 Å². The monoisotopic (exact) mass is 366 g/mol. The second-order valence-corrected chi connectivity index (χ2v) is 6.72. The average molecular weight is 366 g/mol. The number of amides is 1. The first-order chi connectivity index (χ1) is 12.6. The Morgan fingerprint density at radius 2 is 1.69 bits per heavy atom. The van der Waals surface area contributed by atoms with E-state index in [1.165, 1.54) is 12.1 Å². The largest absolute Gasteiger partial charge is 0.352 e. The van der Waals surface area contributed by atoms with E-state index in [4.69, 9.17) is 0 Å². The maximum absolute atomic E-state index is 13.3. The highest BCUT2D eigenvalue weighted by molar-refractivity contribution is 7.27. The highest BCUT2D eigenvalue weighted by atomic mass is 31.0. The molecule has 1 heterocycles. The molecule has 1 aromatic heterocycles. The molecular weight excluding hydrogens is 346 g/mol. The fourth-order valence-electron chi connectivity index (χ4n) is 2.88. The van der Waals surface area contributed by atoms with Gasteiger partial charge in [-0.1, -0.05) is 36.4 Å². The Morgan fingerprint density at radius 3 is 2.31 bits per heavy atom. The van der Waals surface area contributed by atoms with Gasteiger partial charge in [-0.15, -0.1) is 9.24 Å². The predicted molar refractivity (Wildman–Crippen MR) is 105 cm³/mol. The van der Waals surface area contributed by atoms with Crippen molar-refractivity contribution in [2.75, 3.05) is 6.54 Å². The summed E-state index contributed by atoms with van der Waals surface area (Å²) in [7, 11) is 2.67. The summed E-state index contributed by atoms with van der Waals surface area (Å²) in [6, 6.07) is 18.2. The van der Waals surface area contributed by atoms with Crippen LogP contribution in [0.5, 0.6) is 0 Å². The van der Waals surface area contributed by atoms with Gasteiger partial charge in [-0.2, -0.15) is 0 Å². The second kappa shape index (κ2) is 8.68. The van der Waals surface area contributed by atoms with Crippen molar-refractivity contribution in [3.8, 4) is 0 Å². The number of rotatable bonds is 6. The van der Waals surface area contributed by atoms with Crippen molar-refractivity contribution in [1.29, 1.82) is 0 Å². The van der Waals surface area contributed by atoms with Gasteiger partial charge in [-0.3, -0.25) is 9.78 Å². The fourth-order valence-corrected chi connectivity index (χ4v) is 3.07. The Hall–Kier alpha value is -2.58. The van der Waals surface area contributed by atoms with E-state index >= 15 is 0 Å². The minimum atomic E-state index is -0.252. The molecule has 0 spiro atoms. The summed E-state index contributed by atoms with van der Waals surface area (Å²) in [5.74, 6) is -0.315. The van der Waals surface area contributed by atoms with E-state index in [1.807, 2.05) is 12.1 Å². The zero-order chi connectivity index (χ0) is 18.4. The van der Waals surface area contributed by atoms with Gasteiger partial charge in [-0.05, 0) is 47.1 Å². The van der Waals surface area contributed by atoms with Gasteiger partial charge < -0.3 is 5.32 Å². The highest BCUT2D eigenvalue weighted by Crippen LogP contribution is 2.27. The fraction of sp³-hybridized carbons (Fsp3) is 0.143. The maximum atomic E-state index is 13.3. The molecule has 0 fully saturated rings. The first-order valence-electron chi connectivity index (χ1n) is 8.42. The Balaban J connectivity index is 1.72. The Labute approximate surface area is 154 Å². The molecule has 0 bridgehead atoms. The van der Waals surface area contributed by atoms with Crippen molar-refractivity contribution in [1.82, 2.24) is 10.3 Å². The summed E-state index contributed by atoms with van der Waals surface area (Å²) in [5, 5.41) is 4.04. The van der Waals surface area contributed by atoms with Gasteiger partial charge in [0.2, 0.25) is 0 Å². The highest BCUT2D eigenvalue weighted by Gasteiger charge is 2.15. The number of hydrogen-bond donors (Lipinski definition) is 1. The number of aromatic nitrogens is 1. The van der Waals surface area contributed by atoms with E-state index in [0.717, 1.165) is 16.4 Å². The van der Waals surface area contributed by atoms with E-state index in [0.29, 0.717) is 18.5 Å². The Kier molecular flexibility index (Phi) is 6.08. The van der Waals surface area contributed by atoms with Crippen molar-refractivity contribution >= 4 is 20.5 Å². The third kappa shape index (κ3) is 4.74. The number of carbonyl (C=O) groups excluding carboxylic acids is 1. The van der Waals surface area contributed by atoms with Crippen LogP contribution in [-0.2, 0) is 0 Å². The van der Waals surface area contributed by atoms with Gasteiger partial charge in [0.05, 0.1) is 5.56 Å². The lowest BCUT2D eigenvalue weighted by atomic mass is 9.88. The van der Waals surface area contributed by atoms with Gasteiger partial charge in [0, 0.05) is 24.9 Å². The van der Waals surface area contributed by atoms with Crippen molar-refractivity contribution < 1.29 is 9.18 Å². The first-order valence-corrected chi connectivity index (χ1v) is 9.00. The van der Waals surface area contributed by atoms with Crippen LogP contribution in [-0.4, -0.2) is 17.4 Å². The minimum Gasteiger partial charge on any atom is -0.352 e. The Morgan fingerprint density at radius 1 is 1.04 bits per heavy atom. The standard InChI is InChI=1S/C21H20FN2OP/c22-18-7-3-15(4-8-18)20(16-5-9-19(26)10-6-16)11-13-24-21(25)17-2-1-12-23-14-17/h1-10,12,14,20H,11,13,26H2,(H,24,25). The average Bonchev–Trinajstić information content (AvgIpc) is 2.68. The molecule has 0 saturated heterocycles. The molecule has 1 amide bonds. The number of carbonyl (C=O) groups is 1. The van der Waals surface area contributed by atoms with E-state index in [1.54, 1.807) is 36.7 Å². The molecule has 2 unspecified atom stereocenters. The van der Waals surface area contributed by atoms with Crippen LogP contribution in [0.4, 0.5) is 4.39 Å². The molecule has 0 radical (unpaired) electrons. The molecule has 2 atom stereocenters. The van der Waals surface area contributed by atoms with Gasteiger partial charge >= 0.3 is 0 Å². The SMILES string of the molecule is O=C(NCCC(c1ccc(F)cc1)c1ccc(P)cc1)c1cccnc1. The van der Waals surface area contributed by atoms with Gasteiger partial charge in [0.1, 0.15) is 5.82 Å². The van der Waals surface area contributed by atoms with Crippen molar-refractivity contribution in [3.05, 3.63) is 95.6 Å². The van der Waals surface area contributed by atoms with E-state index < -0.39 is 0 Å². The lowest BCUT2D eigenvalue weighted by Gasteiger charge is -2.19. The Bertz CT molecular complexity index is 806. The van der Waals surface area contributed by atoms with E-state index in [-0.39, 0.29) is 17.6 Å². The zero-order valence-electron chi connectivity index (χ0n) is 14.2. The van der Waals surface area contributed by atoms with Crippen LogP contribution in [0.15, 0.2) is 73.1 Å². The molecule has 0 aliphatic rings. The number of nitrogens with zero attached hydrogens (tertiary/aromatic N) is 1. The molecule has 1 N–H and O–H groups in total. The molecular formula is C21H20FN2OP. The molecule has 3 nitrogen and oxygen atoms in total. The number of halogens is 1. The van der Waals surface area contributed by atoms with Crippen LogP contribution in [0.1, 0.15) is 33.8 Å². The molecule has 5 heteroatoms. The summed E-state index contributed by atoms with van der Waals surface area (Å²) in [5.41, 5.74) is 2.70. The quantitative estimate of drug-likeness (QED) is 0.677. The lowest BCUT2D eigenvalue weighted by Crippen LogP contribution is -2.26.